The zero-order valence-corrected chi connectivity index (χ0v) is 14.9. The fourth-order valence-electron chi connectivity index (χ4n) is 2.42. The van der Waals surface area contributed by atoms with Crippen molar-refractivity contribution in [3.05, 3.63) is 63.6 Å². The number of carbonyl (C=O) groups excluding carboxylic acids is 1. The molecule has 0 spiro atoms. The van der Waals surface area contributed by atoms with Gasteiger partial charge in [-0.15, -0.1) is 0 Å². The first-order valence-electron chi connectivity index (χ1n) is 6.73. The summed E-state index contributed by atoms with van der Waals surface area (Å²) in [5.41, 5.74) is 0.740. The summed E-state index contributed by atoms with van der Waals surface area (Å²) in [6, 6.07) is 11.7. The van der Waals surface area contributed by atoms with Crippen molar-refractivity contribution in [3.8, 4) is 0 Å². The molecule has 2 aromatic carbocycles. The number of halogens is 2. The van der Waals surface area contributed by atoms with Crippen molar-refractivity contribution in [3.63, 3.8) is 0 Å². The van der Waals surface area contributed by atoms with E-state index >= 15 is 0 Å². The number of sulfonamides is 1. The van der Waals surface area contributed by atoms with Gasteiger partial charge in [-0.05, 0) is 42.0 Å². The van der Waals surface area contributed by atoms with E-state index in [2.05, 4.69) is 21.2 Å². The maximum Gasteiger partial charge on any atom is 0.332 e. The Kier molecular flexibility index (Phi) is 4.35. The third kappa shape index (κ3) is 3.08. The minimum atomic E-state index is -3.96. The van der Waals surface area contributed by atoms with Gasteiger partial charge in [-0.3, -0.25) is 0 Å². The minimum absolute atomic E-state index is 0.0288. The van der Waals surface area contributed by atoms with Crippen LogP contribution in [0.15, 0.2) is 57.9 Å². The molecule has 8 heteroatoms. The highest BCUT2D eigenvalue weighted by atomic mass is 79.9. The van der Waals surface area contributed by atoms with E-state index in [1.807, 2.05) is 12.1 Å². The van der Waals surface area contributed by atoms with E-state index in [4.69, 9.17) is 11.6 Å². The van der Waals surface area contributed by atoms with Gasteiger partial charge in [0.1, 0.15) is 0 Å². The zero-order chi connectivity index (χ0) is 16.6. The molecule has 0 aromatic heterocycles. The highest BCUT2D eigenvalue weighted by Crippen LogP contribution is 2.31. The Morgan fingerprint density at radius 3 is 2.30 bits per heavy atom. The molecule has 23 heavy (non-hydrogen) atoms. The van der Waals surface area contributed by atoms with E-state index in [0.717, 1.165) is 14.3 Å². The van der Waals surface area contributed by atoms with Gasteiger partial charge >= 0.3 is 6.03 Å². The van der Waals surface area contributed by atoms with E-state index in [-0.39, 0.29) is 11.4 Å². The summed E-state index contributed by atoms with van der Waals surface area (Å²) in [4.78, 5) is 12.1. The molecule has 1 fully saturated rings. The first-order valence-corrected chi connectivity index (χ1v) is 9.34. The second kappa shape index (κ2) is 6.14. The molecule has 1 N–H and O–H groups in total. The van der Waals surface area contributed by atoms with E-state index in [0.29, 0.717) is 5.02 Å². The van der Waals surface area contributed by atoms with Gasteiger partial charge in [-0.2, -0.15) is 0 Å². The average molecular weight is 416 g/mol. The van der Waals surface area contributed by atoms with Gasteiger partial charge < -0.3 is 5.32 Å². The molecule has 1 aliphatic rings. The fourth-order valence-corrected chi connectivity index (χ4v) is 4.33. The van der Waals surface area contributed by atoms with Crippen LogP contribution in [0.2, 0.25) is 5.02 Å². The van der Waals surface area contributed by atoms with Crippen molar-refractivity contribution in [2.24, 2.45) is 0 Å². The van der Waals surface area contributed by atoms with Gasteiger partial charge in [0.15, 0.2) is 0 Å². The number of urea groups is 1. The van der Waals surface area contributed by atoms with Crippen molar-refractivity contribution in [1.29, 1.82) is 0 Å². The average Bonchev–Trinajstić information content (AvgIpc) is 2.91. The molecule has 0 aliphatic carbocycles. The van der Waals surface area contributed by atoms with Crippen molar-refractivity contribution in [2.45, 2.75) is 10.9 Å². The molecule has 2 amide bonds. The van der Waals surface area contributed by atoms with E-state index in [9.17, 15) is 13.2 Å². The maximum atomic E-state index is 12.8. The third-order valence-corrected chi connectivity index (χ3v) is 6.14. The molecule has 0 bridgehead atoms. The standard InChI is InChI=1S/C15H12BrClN2O3S/c16-11-3-1-10(2-4-11)14-9-18-15(20)19(14)23(21,22)13-7-5-12(17)6-8-13/h1-8,14H,9H2,(H,18,20). The predicted octanol–water partition coefficient (Wildman–Crippen LogP) is 3.56. The Labute approximate surface area is 147 Å². The normalized spacial score (nSPS) is 18.1. The van der Waals surface area contributed by atoms with E-state index < -0.39 is 22.1 Å². The van der Waals surface area contributed by atoms with Crippen LogP contribution in [0.4, 0.5) is 4.79 Å². The van der Waals surface area contributed by atoms with Gasteiger partial charge in [-0.25, -0.2) is 17.5 Å². The Morgan fingerprint density at radius 2 is 1.70 bits per heavy atom. The Bertz CT molecular complexity index is 838. The summed E-state index contributed by atoms with van der Waals surface area (Å²) >= 11 is 9.13. The van der Waals surface area contributed by atoms with Crippen LogP contribution in [0.25, 0.3) is 0 Å². The van der Waals surface area contributed by atoms with Crippen molar-refractivity contribution < 1.29 is 13.2 Å². The van der Waals surface area contributed by atoms with E-state index in [1.165, 1.54) is 24.3 Å². The van der Waals surface area contributed by atoms with Crippen LogP contribution in [-0.4, -0.2) is 25.3 Å². The quantitative estimate of drug-likeness (QED) is 0.833. The number of hydrogen-bond acceptors (Lipinski definition) is 3. The molecule has 3 rings (SSSR count). The lowest BCUT2D eigenvalue weighted by atomic mass is 10.1. The lowest BCUT2D eigenvalue weighted by Gasteiger charge is -2.23. The molecule has 0 saturated carbocycles. The molecule has 5 nitrogen and oxygen atoms in total. The van der Waals surface area contributed by atoms with Gasteiger partial charge in [0, 0.05) is 16.0 Å². The predicted molar refractivity (Wildman–Crippen MR) is 90.8 cm³/mol. The Morgan fingerprint density at radius 1 is 1.09 bits per heavy atom. The van der Waals surface area contributed by atoms with Crippen LogP contribution < -0.4 is 5.32 Å². The number of rotatable bonds is 3. The van der Waals surface area contributed by atoms with Gasteiger partial charge in [0.25, 0.3) is 10.0 Å². The summed E-state index contributed by atoms with van der Waals surface area (Å²) in [6.45, 7) is 0.229. The highest BCUT2D eigenvalue weighted by Gasteiger charge is 2.41. The minimum Gasteiger partial charge on any atom is -0.335 e. The number of hydrogen-bond donors (Lipinski definition) is 1. The number of amides is 2. The second-order valence-electron chi connectivity index (χ2n) is 5.01. The van der Waals surface area contributed by atoms with Crippen molar-refractivity contribution in [1.82, 2.24) is 9.62 Å². The summed E-state index contributed by atoms with van der Waals surface area (Å²) in [5.74, 6) is 0. The lowest BCUT2D eigenvalue weighted by molar-refractivity contribution is 0.231. The number of nitrogens with one attached hydrogen (secondary N) is 1. The largest absolute Gasteiger partial charge is 0.335 e. The smallest absolute Gasteiger partial charge is 0.332 e. The molecule has 2 aromatic rings. The molecular weight excluding hydrogens is 404 g/mol. The first kappa shape index (κ1) is 16.3. The molecule has 1 saturated heterocycles. The molecule has 1 aliphatic heterocycles. The fraction of sp³-hybridized carbons (Fsp3) is 0.133. The molecule has 1 atom stereocenters. The third-order valence-electron chi connectivity index (χ3n) is 3.56. The molecule has 120 valence electrons. The molecule has 1 unspecified atom stereocenters. The van der Waals surface area contributed by atoms with Crippen LogP contribution in [0, 0.1) is 0 Å². The lowest BCUT2D eigenvalue weighted by Crippen LogP contribution is -2.35. The molecular formula is C15H12BrClN2O3S. The number of nitrogens with zero attached hydrogens (tertiary/aromatic N) is 1. The van der Waals surface area contributed by atoms with Crippen LogP contribution >= 0.6 is 27.5 Å². The maximum absolute atomic E-state index is 12.8. The van der Waals surface area contributed by atoms with Crippen LogP contribution in [0.3, 0.4) is 0 Å². The monoisotopic (exact) mass is 414 g/mol. The topological polar surface area (TPSA) is 66.5 Å². The molecule has 1 heterocycles. The number of carbonyl (C=O) groups is 1. The Balaban J connectivity index is 2.02. The van der Waals surface area contributed by atoms with Crippen LogP contribution in [-0.2, 0) is 10.0 Å². The first-order chi connectivity index (χ1) is 10.9. The van der Waals surface area contributed by atoms with Gasteiger partial charge in [-0.1, -0.05) is 39.7 Å². The highest BCUT2D eigenvalue weighted by molar-refractivity contribution is 9.10. The summed E-state index contributed by atoms with van der Waals surface area (Å²) in [5, 5.41) is 3.02. The number of benzene rings is 2. The van der Waals surface area contributed by atoms with E-state index in [1.54, 1.807) is 12.1 Å². The SMILES string of the molecule is O=C1NCC(c2ccc(Br)cc2)N1S(=O)(=O)c1ccc(Cl)cc1. The van der Waals surface area contributed by atoms with Crippen molar-refractivity contribution >= 4 is 43.6 Å². The Hall–Kier alpha value is -1.57. The summed E-state index contributed by atoms with van der Waals surface area (Å²) in [7, 11) is -3.96. The van der Waals surface area contributed by atoms with Crippen molar-refractivity contribution in [2.75, 3.05) is 6.54 Å². The zero-order valence-electron chi connectivity index (χ0n) is 11.7. The van der Waals surface area contributed by atoms with Crippen LogP contribution in [0.1, 0.15) is 11.6 Å². The van der Waals surface area contributed by atoms with Gasteiger partial charge in [0.2, 0.25) is 0 Å². The summed E-state index contributed by atoms with van der Waals surface area (Å²) < 4.78 is 27.4. The molecule has 0 radical (unpaired) electrons. The summed E-state index contributed by atoms with van der Waals surface area (Å²) in [6.07, 6.45) is 0. The second-order valence-corrected chi connectivity index (χ2v) is 8.18. The van der Waals surface area contributed by atoms with Crippen LogP contribution in [0.5, 0.6) is 0 Å². The van der Waals surface area contributed by atoms with Gasteiger partial charge in [0.05, 0.1) is 10.9 Å².